The summed E-state index contributed by atoms with van der Waals surface area (Å²) in [5, 5.41) is 15.5. The van der Waals surface area contributed by atoms with Crippen molar-refractivity contribution in [2.45, 2.75) is 38.0 Å². The highest BCUT2D eigenvalue weighted by Crippen LogP contribution is 2.34. The number of nitrogens with one attached hydrogen (secondary N) is 2. The number of anilines is 1. The molecule has 2 heterocycles. The lowest BCUT2D eigenvalue weighted by Gasteiger charge is -2.24. The Morgan fingerprint density at radius 2 is 2.11 bits per heavy atom. The molecule has 3 rings (SSSR count). The van der Waals surface area contributed by atoms with Gasteiger partial charge in [0.1, 0.15) is 5.82 Å². The number of piperidine rings is 1. The Kier molecular flexibility index (Phi) is 3.74. The van der Waals surface area contributed by atoms with Crippen molar-refractivity contribution in [3.63, 3.8) is 0 Å². The van der Waals surface area contributed by atoms with Crippen molar-refractivity contribution < 1.29 is 0 Å². The van der Waals surface area contributed by atoms with Crippen LogP contribution in [-0.2, 0) is 0 Å². The molecule has 0 radical (unpaired) electrons. The summed E-state index contributed by atoms with van der Waals surface area (Å²) in [4.78, 5) is 0. The van der Waals surface area contributed by atoms with Crippen LogP contribution >= 0.6 is 0 Å². The van der Waals surface area contributed by atoms with E-state index in [1.54, 1.807) is 0 Å². The van der Waals surface area contributed by atoms with Gasteiger partial charge in [0.05, 0.1) is 5.69 Å². The minimum atomic E-state index is 0.675. The van der Waals surface area contributed by atoms with Gasteiger partial charge in [-0.05, 0) is 56.8 Å². The molecule has 1 atom stereocenters. The first-order valence-electron chi connectivity index (χ1n) is 7.20. The normalized spacial score (nSPS) is 24.6. The quantitative estimate of drug-likeness (QED) is 0.854. The van der Waals surface area contributed by atoms with Crippen LogP contribution in [0.1, 0.15) is 43.7 Å². The molecule has 2 N–H and O–H groups in total. The van der Waals surface area contributed by atoms with Crippen molar-refractivity contribution in [1.82, 2.24) is 15.5 Å². The highest BCUT2D eigenvalue weighted by Gasteiger charge is 2.21. The van der Waals surface area contributed by atoms with Gasteiger partial charge in [0, 0.05) is 12.5 Å². The van der Waals surface area contributed by atoms with Crippen molar-refractivity contribution >= 4 is 5.82 Å². The maximum Gasteiger partial charge on any atom is 0.148 e. The van der Waals surface area contributed by atoms with Crippen LogP contribution in [0.4, 0.5) is 5.82 Å². The second-order valence-electron chi connectivity index (χ2n) is 5.56. The van der Waals surface area contributed by atoms with Crippen molar-refractivity contribution in [2.75, 3.05) is 25.0 Å². The zero-order valence-electron chi connectivity index (χ0n) is 10.9. The van der Waals surface area contributed by atoms with Gasteiger partial charge in [-0.2, -0.15) is 5.10 Å². The third-order valence-electron chi connectivity index (χ3n) is 4.18. The van der Waals surface area contributed by atoms with Crippen LogP contribution in [0.2, 0.25) is 0 Å². The molecule has 98 valence electrons. The van der Waals surface area contributed by atoms with Crippen LogP contribution < -0.4 is 10.6 Å². The second-order valence-corrected chi connectivity index (χ2v) is 5.56. The van der Waals surface area contributed by atoms with Crippen molar-refractivity contribution in [3.05, 3.63) is 17.8 Å². The summed E-state index contributed by atoms with van der Waals surface area (Å²) in [5.41, 5.74) is 1.17. The molecule has 1 aliphatic heterocycles. The van der Waals surface area contributed by atoms with Gasteiger partial charge in [0.25, 0.3) is 0 Å². The third kappa shape index (κ3) is 2.80. The SMILES string of the molecule is c1cc(C2CCC2)nnc1NCC1CCCNC1. The first-order valence-corrected chi connectivity index (χ1v) is 7.20. The highest BCUT2D eigenvalue weighted by molar-refractivity contribution is 5.33. The molecule has 0 bridgehead atoms. The van der Waals surface area contributed by atoms with E-state index in [4.69, 9.17) is 0 Å². The third-order valence-corrected chi connectivity index (χ3v) is 4.18. The van der Waals surface area contributed by atoms with E-state index in [0.29, 0.717) is 5.92 Å². The maximum absolute atomic E-state index is 4.34. The van der Waals surface area contributed by atoms with Crippen molar-refractivity contribution in [3.8, 4) is 0 Å². The Morgan fingerprint density at radius 1 is 1.17 bits per heavy atom. The lowest BCUT2D eigenvalue weighted by molar-refractivity contribution is 0.392. The maximum atomic E-state index is 4.34. The van der Waals surface area contributed by atoms with E-state index < -0.39 is 0 Å². The molecule has 0 aromatic carbocycles. The van der Waals surface area contributed by atoms with Gasteiger partial charge in [0.15, 0.2) is 0 Å². The molecule has 1 unspecified atom stereocenters. The van der Waals surface area contributed by atoms with Crippen LogP contribution in [0.25, 0.3) is 0 Å². The molecule has 1 aromatic rings. The standard InChI is InChI=1S/C14H22N4/c1-4-12(5-1)13-6-7-14(18-17-13)16-10-11-3-2-8-15-9-11/h6-7,11-12,15H,1-5,8-10H2,(H,16,18). The van der Waals surface area contributed by atoms with Gasteiger partial charge in [-0.15, -0.1) is 5.10 Å². The van der Waals surface area contributed by atoms with Crippen molar-refractivity contribution in [1.29, 1.82) is 0 Å². The van der Waals surface area contributed by atoms with E-state index in [-0.39, 0.29) is 0 Å². The minimum absolute atomic E-state index is 0.675. The zero-order valence-corrected chi connectivity index (χ0v) is 10.9. The summed E-state index contributed by atoms with van der Waals surface area (Å²) < 4.78 is 0. The average Bonchev–Trinajstić information content (AvgIpc) is 2.37. The molecular weight excluding hydrogens is 224 g/mol. The van der Waals surface area contributed by atoms with Gasteiger partial charge >= 0.3 is 0 Å². The molecule has 18 heavy (non-hydrogen) atoms. The summed E-state index contributed by atoms with van der Waals surface area (Å²) in [5.74, 6) is 2.32. The van der Waals surface area contributed by atoms with Crippen LogP contribution in [0.15, 0.2) is 12.1 Å². The fraction of sp³-hybridized carbons (Fsp3) is 0.714. The Bertz CT molecular complexity index is 366. The van der Waals surface area contributed by atoms with Crippen LogP contribution in [0, 0.1) is 5.92 Å². The Balaban J connectivity index is 1.49. The van der Waals surface area contributed by atoms with E-state index in [0.717, 1.165) is 24.8 Å². The lowest BCUT2D eigenvalue weighted by atomic mass is 9.83. The predicted molar refractivity (Wildman–Crippen MR) is 72.7 cm³/mol. The number of hydrogen-bond acceptors (Lipinski definition) is 4. The molecule has 1 aromatic heterocycles. The predicted octanol–water partition coefficient (Wildman–Crippen LogP) is 2.16. The van der Waals surface area contributed by atoms with Crippen molar-refractivity contribution in [2.24, 2.45) is 5.92 Å². The smallest absolute Gasteiger partial charge is 0.148 e. The van der Waals surface area contributed by atoms with E-state index >= 15 is 0 Å². The Labute approximate surface area is 109 Å². The molecule has 1 saturated carbocycles. The summed E-state index contributed by atoms with van der Waals surface area (Å²) in [6.07, 6.45) is 6.53. The summed E-state index contributed by atoms with van der Waals surface area (Å²) in [6, 6.07) is 4.22. The van der Waals surface area contributed by atoms with E-state index in [1.165, 1.54) is 44.3 Å². The van der Waals surface area contributed by atoms with Gasteiger partial charge in [-0.25, -0.2) is 0 Å². The fourth-order valence-electron chi connectivity index (χ4n) is 2.71. The van der Waals surface area contributed by atoms with Gasteiger partial charge in [0.2, 0.25) is 0 Å². The first-order chi connectivity index (χ1) is 8.92. The van der Waals surface area contributed by atoms with E-state index in [1.807, 2.05) is 0 Å². The summed E-state index contributed by atoms with van der Waals surface area (Å²) in [7, 11) is 0. The molecule has 4 nitrogen and oxygen atoms in total. The highest BCUT2D eigenvalue weighted by atomic mass is 15.2. The lowest BCUT2D eigenvalue weighted by Crippen LogP contribution is -2.33. The van der Waals surface area contributed by atoms with Crippen LogP contribution in [-0.4, -0.2) is 29.8 Å². The molecular formula is C14H22N4. The molecule has 2 aliphatic rings. The molecule has 1 aliphatic carbocycles. The van der Waals surface area contributed by atoms with Crippen LogP contribution in [0.3, 0.4) is 0 Å². The molecule has 2 fully saturated rings. The zero-order chi connectivity index (χ0) is 12.2. The second kappa shape index (κ2) is 5.65. The number of rotatable bonds is 4. The summed E-state index contributed by atoms with van der Waals surface area (Å²) in [6.45, 7) is 3.30. The number of nitrogens with zero attached hydrogens (tertiary/aromatic N) is 2. The Morgan fingerprint density at radius 3 is 2.72 bits per heavy atom. The van der Waals surface area contributed by atoms with Gasteiger partial charge in [-0.3, -0.25) is 0 Å². The monoisotopic (exact) mass is 246 g/mol. The minimum Gasteiger partial charge on any atom is -0.368 e. The molecule has 0 spiro atoms. The van der Waals surface area contributed by atoms with E-state index in [9.17, 15) is 0 Å². The van der Waals surface area contributed by atoms with Gasteiger partial charge in [-0.1, -0.05) is 6.42 Å². The van der Waals surface area contributed by atoms with E-state index in [2.05, 4.69) is 33.0 Å². The largest absolute Gasteiger partial charge is 0.368 e. The van der Waals surface area contributed by atoms with Gasteiger partial charge < -0.3 is 10.6 Å². The molecule has 1 saturated heterocycles. The average molecular weight is 246 g/mol. The first kappa shape index (κ1) is 11.9. The fourth-order valence-corrected chi connectivity index (χ4v) is 2.71. The Hall–Kier alpha value is -1.16. The molecule has 0 amide bonds. The molecule has 4 heteroatoms. The van der Waals surface area contributed by atoms with Crippen LogP contribution in [0.5, 0.6) is 0 Å². The number of hydrogen-bond donors (Lipinski definition) is 2. The summed E-state index contributed by atoms with van der Waals surface area (Å²) >= 11 is 0. The number of aromatic nitrogens is 2. The topological polar surface area (TPSA) is 49.8 Å².